The zero-order chi connectivity index (χ0) is 10.8. The van der Waals surface area contributed by atoms with Gasteiger partial charge in [0.15, 0.2) is 11.3 Å². The van der Waals surface area contributed by atoms with Crippen LogP contribution in [0, 0.1) is 0 Å². The average molecular weight is 208 g/mol. The van der Waals surface area contributed by atoms with Crippen molar-refractivity contribution < 1.29 is 14.7 Å². The van der Waals surface area contributed by atoms with Crippen molar-refractivity contribution >= 4 is 17.6 Å². The Morgan fingerprint density at radius 2 is 2.20 bits per heavy atom. The molecule has 9 nitrogen and oxygen atoms in total. The van der Waals surface area contributed by atoms with E-state index in [1.165, 1.54) is 12.1 Å². The van der Waals surface area contributed by atoms with E-state index < -0.39 is 12.0 Å². The Kier molecular flexibility index (Phi) is 1.97. The summed E-state index contributed by atoms with van der Waals surface area (Å²) in [5.41, 5.74) is 0.277. The van der Waals surface area contributed by atoms with Gasteiger partial charge < -0.3 is 5.11 Å². The number of aromatic nitrogens is 5. The van der Waals surface area contributed by atoms with Gasteiger partial charge in [-0.05, 0) is 22.6 Å². The number of rotatable bonds is 1. The number of carbonyl (C=O) groups excluding carboxylic acids is 1. The van der Waals surface area contributed by atoms with Gasteiger partial charge in [0.05, 0.1) is 0 Å². The van der Waals surface area contributed by atoms with Crippen LogP contribution in [-0.4, -0.2) is 42.4 Å². The van der Waals surface area contributed by atoms with Crippen molar-refractivity contribution in [1.82, 2.24) is 30.6 Å². The second-order valence-corrected chi connectivity index (χ2v) is 2.50. The molecule has 0 atom stereocenters. The van der Waals surface area contributed by atoms with Gasteiger partial charge in [0.1, 0.15) is 0 Å². The largest absolute Gasteiger partial charge is 0.465 e. The highest BCUT2D eigenvalue weighted by atomic mass is 16.4. The van der Waals surface area contributed by atoms with E-state index in [2.05, 4.69) is 20.6 Å². The maximum atomic E-state index is 11.2. The van der Waals surface area contributed by atoms with Crippen LogP contribution in [0.1, 0.15) is 10.5 Å². The molecule has 9 heteroatoms. The molecular formula is C6H4N6O3. The molecule has 2 aromatic rings. The number of nitrogens with zero attached hydrogens (tertiary/aromatic N) is 5. The Balaban J connectivity index is 2.35. The summed E-state index contributed by atoms with van der Waals surface area (Å²) in [6.07, 6.45) is -1.45. The molecule has 0 bridgehead atoms. The topological polar surface area (TPSA) is 122 Å². The minimum absolute atomic E-state index is 0.0859. The molecule has 0 aliphatic rings. The van der Waals surface area contributed by atoms with E-state index >= 15 is 0 Å². The molecule has 0 fully saturated rings. The van der Waals surface area contributed by atoms with E-state index in [0.29, 0.717) is 5.65 Å². The van der Waals surface area contributed by atoms with E-state index in [9.17, 15) is 9.59 Å². The van der Waals surface area contributed by atoms with Crippen molar-refractivity contribution in [1.29, 1.82) is 0 Å². The SMILES string of the molecule is O=C(O)NC(=O)c1ccc2nnnn2n1. The lowest BCUT2D eigenvalue weighted by atomic mass is 10.4. The van der Waals surface area contributed by atoms with Gasteiger partial charge in [-0.3, -0.25) is 10.1 Å². The predicted octanol–water partition coefficient (Wildman–Crippen LogP) is -1.07. The van der Waals surface area contributed by atoms with Gasteiger partial charge in [-0.2, -0.15) is 0 Å². The summed E-state index contributed by atoms with van der Waals surface area (Å²) in [4.78, 5) is 21.4. The molecule has 0 unspecified atom stereocenters. The van der Waals surface area contributed by atoms with Crippen molar-refractivity contribution in [2.24, 2.45) is 0 Å². The van der Waals surface area contributed by atoms with Crippen LogP contribution < -0.4 is 5.32 Å². The number of hydrogen-bond donors (Lipinski definition) is 2. The standard InChI is InChI=1S/C6H4N6O3/c13-5(7-6(14)15)3-1-2-4-8-10-11-12(4)9-3/h1-2H,(H,7,13)(H,14,15). The summed E-state index contributed by atoms with van der Waals surface area (Å²) < 4.78 is 1.02. The molecule has 0 spiro atoms. The first-order valence-electron chi connectivity index (χ1n) is 3.76. The number of fused-ring (bicyclic) bond motifs is 1. The predicted molar refractivity (Wildman–Crippen MR) is 44.1 cm³/mol. The number of carboxylic acid groups (broad SMARTS) is 1. The molecule has 0 saturated carbocycles. The summed E-state index contributed by atoms with van der Waals surface area (Å²) in [6.45, 7) is 0. The summed E-state index contributed by atoms with van der Waals surface area (Å²) in [7, 11) is 0. The van der Waals surface area contributed by atoms with Gasteiger partial charge in [-0.15, -0.1) is 14.8 Å². The van der Waals surface area contributed by atoms with Crippen molar-refractivity contribution in [2.75, 3.05) is 0 Å². The number of carbonyl (C=O) groups is 2. The van der Waals surface area contributed by atoms with Crippen molar-refractivity contribution in [3.05, 3.63) is 17.8 Å². The smallest absolute Gasteiger partial charge is 0.411 e. The van der Waals surface area contributed by atoms with Crippen LogP contribution in [0.5, 0.6) is 0 Å². The lowest BCUT2D eigenvalue weighted by Crippen LogP contribution is -2.29. The van der Waals surface area contributed by atoms with Gasteiger partial charge in [0.25, 0.3) is 5.91 Å². The Morgan fingerprint density at radius 1 is 1.40 bits per heavy atom. The van der Waals surface area contributed by atoms with Gasteiger partial charge >= 0.3 is 6.09 Å². The number of imide groups is 1. The normalized spacial score (nSPS) is 10.1. The minimum Gasteiger partial charge on any atom is -0.465 e. The summed E-state index contributed by atoms with van der Waals surface area (Å²) in [5, 5.41) is 24.0. The highest BCUT2D eigenvalue weighted by molar-refractivity contribution is 6.01. The van der Waals surface area contributed by atoms with E-state index in [1.807, 2.05) is 0 Å². The van der Waals surface area contributed by atoms with Crippen LogP contribution in [0.25, 0.3) is 5.65 Å². The van der Waals surface area contributed by atoms with Crippen LogP contribution in [0.2, 0.25) is 0 Å². The maximum Gasteiger partial charge on any atom is 0.411 e. The third-order valence-electron chi connectivity index (χ3n) is 1.52. The first-order valence-corrected chi connectivity index (χ1v) is 3.76. The van der Waals surface area contributed by atoms with Crippen LogP contribution in [-0.2, 0) is 0 Å². The molecule has 0 saturated heterocycles. The summed E-state index contributed by atoms with van der Waals surface area (Å²) in [6, 6.07) is 2.77. The van der Waals surface area contributed by atoms with E-state index in [1.54, 1.807) is 5.32 Å². The quantitative estimate of drug-likeness (QED) is 0.611. The van der Waals surface area contributed by atoms with Gasteiger partial charge in [0, 0.05) is 0 Å². The van der Waals surface area contributed by atoms with Crippen LogP contribution in [0.3, 0.4) is 0 Å². The highest BCUT2D eigenvalue weighted by Gasteiger charge is 2.11. The molecule has 0 aliphatic carbocycles. The molecule has 2 aromatic heterocycles. The van der Waals surface area contributed by atoms with Crippen molar-refractivity contribution in [2.45, 2.75) is 0 Å². The van der Waals surface area contributed by atoms with Crippen molar-refractivity contribution in [3.8, 4) is 0 Å². The van der Waals surface area contributed by atoms with E-state index in [0.717, 1.165) is 4.63 Å². The molecule has 15 heavy (non-hydrogen) atoms. The van der Waals surface area contributed by atoms with Crippen molar-refractivity contribution in [3.63, 3.8) is 0 Å². The molecule has 0 radical (unpaired) electrons. The third kappa shape index (κ3) is 1.70. The fraction of sp³-hybridized carbons (Fsp3) is 0. The number of nitrogens with one attached hydrogen (secondary N) is 1. The second-order valence-electron chi connectivity index (χ2n) is 2.50. The van der Waals surface area contributed by atoms with Crippen LogP contribution >= 0.6 is 0 Å². The molecule has 76 valence electrons. The summed E-state index contributed by atoms with van der Waals surface area (Å²) in [5.74, 6) is -0.833. The first kappa shape index (κ1) is 8.99. The lowest BCUT2D eigenvalue weighted by molar-refractivity contribution is 0.0941. The molecule has 0 aliphatic heterocycles. The molecule has 2 rings (SSSR count). The van der Waals surface area contributed by atoms with Crippen LogP contribution in [0.4, 0.5) is 4.79 Å². The zero-order valence-electron chi connectivity index (χ0n) is 7.15. The van der Waals surface area contributed by atoms with E-state index in [-0.39, 0.29) is 5.69 Å². The molecular weight excluding hydrogens is 204 g/mol. The fourth-order valence-corrected chi connectivity index (χ4v) is 0.932. The monoisotopic (exact) mass is 208 g/mol. The maximum absolute atomic E-state index is 11.2. The Hall–Kier alpha value is -2.58. The second kappa shape index (κ2) is 3.29. The Bertz CT molecular complexity index is 534. The fourth-order valence-electron chi connectivity index (χ4n) is 0.932. The van der Waals surface area contributed by atoms with Gasteiger partial charge in [0.2, 0.25) is 0 Å². The Morgan fingerprint density at radius 3 is 2.93 bits per heavy atom. The first-order chi connectivity index (χ1) is 7.16. The number of tetrazole rings is 1. The Labute approximate surface area is 81.7 Å². The number of hydrogen-bond acceptors (Lipinski definition) is 6. The van der Waals surface area contributed by atoms with Gasteiger partial charge in [-0.1, -0.05) is 0 Å². The molecule has 2 N–H and O–H groups in total. The molecule has 2 amide bonds. The molecule has 2 heterocycles. The lowest BCUT2D eigenvalue weighted by Gasteiger charge is -1.97. The zero-order valence-corrected chi connectivity index (χ0v) is 7.15. The summed E-state index contributed by atoms with van der Waals surface area (Å²) >= 11 is 0. The average Bonchev–Trinajstić information content (AvgIpc) is 2.62. The van der Waals surface area contributed by atoms with Gasteiger partial charge in [-0.25, -0.2) is 4.79 Å². The highest BCUT2D eigenvalue weighted by Crippen LogP contribution is 1.97. The third-order valence-corrected chi connectivity index (χ3v) is 1.52. The number of amides is 2. The molecule has 0 aromatic carbocycles. The van der Waals surface area contributed by atoms with Crippen LogP contribution in [0.15, 0.2) is 12.1 Å². The van der Waals surface area contributed by atoms with E-state index in [4.69, 9.17) is 5.11 Å². The minimum atomic E-state index is -1.45.